The third-order valence-corrected chi connectivity index (χ3v) is 2.20. The van der Waals surface area contributed by atoms with Gasteiger partial charge < -0.3 is 5.32 Å². The van der Waals surface area contributed by atoms with Crippen molar-refractivity contribution in [2.45, 2.75) is 19.5 Å². The lowest BCUT2D eigenvalue weighted by atomic mass is 10.2. The van der Waals surface area contributed by atoms with Crippen molar-refractivity contribution >= 4 is 17.3 Å². The molecule has 0 saturated heterocycles. The molecule has 0 aliphatic carbocycles. The van der Waals surface area contributed by atoms with Crippen LogP contribution < -0.4 is 5.32 Å². The predicted molar refractivity (Wildman–Crippen MR) is 63.0 cm³/mol. The number of anilines is 1. The lowest BCUT2D eigenvalue weighted by Crippen LogP contribution is -2.07. The van der Waals surface area contributed by atoms with Gasteiger partial charge in [0.15, 0.2) is 0 Å². The molecule has 17 heavy (non-hydrogen) atoms. The smallest absolute Gasteiger partial charge is 0.384 e. The summed E-state index contributed by atoms with van der Waals surface area (Å²) in [6.45, 7) is 2.19. The molecule has 0 aliphatic rings. The summed E-state index contributed by atoms with van der Waals surface area (Å²) in [5.74, 6) is 5.52. The Morgan fingerprint density at radius 3 is 2.59 bits per heavy atom. The van der Waals surface area contributed by atoms with Gasteiger partial charge in [-0.05, 0) is 25.1 Å². The number of alkyl halides is 3. The molecule has 0 bridgehead atoms. The summed E-state index contributed by atoms with van der Waals surface area (Å²) in [6, 6.07) is 3.39. The second-order valence-electron chi connectivity index (χ2n) is 3.33. The number of nitrogens with one attached hydrogen (secondary N) is 1. The van der Waals surface area contributed by atoms with Crippen LogP contribution in [0.2, 0.25) is 5.02 Å². The summed E-state index contributed by atoms with van der Waals surface area (Å²) < 4.78 is 37.4. The van der Waals surface area contributed by atoms with Crippen LogP contribution in [-0.2, 0) is 6.18 Å². The van der Waals surface area contributed by atoms with Crippen molar-refractivity contribution in [1.82, 2.24) is 0 Å². The van der Waals surface area contributed by atoms with Crippen molar-refractivity contribution in [3.63, 3.8) is 0 Å². The van der Waals surface area contributed by atoms with Gasteiger partial charge in [-0.15, -0.1) is 11.8 Å². The Morgan fingerprint density at radius 2 is 2.00 bits per heavy atom. The van der Waals surface area contributed by atoms with Crippen molar-refractivity contribution in [2.24, 2.45) is 0 Å². The summed E-state index contributed by atoms with van der Waals surface area (Å²) in [6.07, 6.45) is -3.81. The fourth-order valence-electron chi connectivity index (χ4n) is 1.25. The zero-order valence-electron chi connectivity index (χ0n) is 9.16. The van der Waals surface area contributed by atoms with Crippen molar-refractivity contribution in [3.05, 3.63) is 28.8 Å². The molecule has 1 nitrogen and oxygen atoms in total. The molecule has 0 spiro atoms. The number of benzene rings is 1. The van der Waals surface area contributed by atoms with E-state index in [1.165, 1.54) is 6.07 Å². The molecule has 5 heteroatoms. The molecular weight excluding hydrogens is 251 g/mol. The van der Waals surface area contributed by atoms with Crippen LogP contribution in [0, 0.1) is 11.8 Å². The molecule has 0 aliphatic heterocycles. The van der Waals surface area contributed by atoms with Gasteiger partial charge in [0.1, 0.15) is 0 Å². The number of hydrogen-bond donors (Lipinski definition) is 1. The maximum Gasteiger partial charge on any atom is 0.416 e. The highest BCUT2D eigenvalue weighted by molar-refractivity contribution is 6.30. The molecule has 1 aromatic carbocycles. The van der Waals surface area contributed by atoms with E-state index >= 15 is 0 Å². The summed E-state index contributed by atoms with van der Waals surface area (Å²) in [5.41, 5.74) is -0.406. The van der Waals surface area contributed by atoms with E-state index in [-0.39, 0.29) is 5.02 Å². The Balaban J connectivity index is 2.78. The van der Waals surface area contributed by atoms with Crippen molar-refractivity contribution in [1.29, 1.82) is 0 Å². The zero-order chi connectivity index (χ0) is 12.9. The summed E-state index contributed by atoms with van der Waals surface area (Å²) in [5, 5.41) is 2.91. The highest BCUT2D eigenvalue weighted by Gasteiger charge is 2.31. The van der Waals surface area contributed by atoms with E-state index in [0.29, 0.717) is 18.7 Å². The van der Waals surface area contributed by atoms with Gasteiger partial charge in [0.2, 0.25) is 0 Å². The minimum Gasteiger partial charge on any atom is -0.384 e. The Bertz CT molecular complexity index is 443. The van der Waals surface area contributed by atoms with E-state index in [4.69, 9.17) is 11.6 Å². The van der Waals surface area contributed by atoms with Crippen LogP contribution in [0.25, 0.3) is 0 Å². The summed E-state index contributed by atoms with van der Waals surface area (Å²) in [7, 11) is 0. The largest absolute Gasteiger partial charge is 0.416 e. The van der Waals surface area contributed by atoms with Crippen LogP contribution in [0.3, 0.4) is 0 Å². The van der Waals surface area contributed by atoms with E-state index < -0.39 is 11.7 Å². The molecule has 0 radical (unpaired) electrons. The van der Waals surface area contributed by atoms with Crippen LogP contribution in [0.5, 0.6) is 0 Å². The van der Waals surface area contributed by atoms with Crippen molar-refractivity contribution in [3.8, 4) is 11.8 Å². The summed E-state index contributed by atoms with van der Waals surface area (Å²) in [4.78, 5) is 0. The van der Waals surface area contributed by atoms with Crippen molar-refractivity contribution < 1.29 is 13.2 Å². The van der Waals surface area contributed by atoms with Crippen LogP contribution in [-0.4, -0.2) is 6.54 Å². The Labute approximate surface area is 103 Å². The summed E-state index contributed by atoms with van der Waals surface area (Å²) >= 11 is 5.63. The Morgan fingerprint density at radius 1 is 1.29 bits per heavy atom. The maximum absolute atomic E-state index is 12.5. The van der Waals surface area contributed by atoms with Crippen LogP contribution in [0.4, 0.5) is 18.9 Å². The molecule has 0 amide bonds. The van der Waals surface area contributed by atoms with E-state index in [1.54, 1.807) is 6.92 Å². The third-order valence-electron chi connectivity index (χ3n) is 1.98. The van der Waals surface area contributed by atoms with Gasteiger partial charge in [0.05, 0.1) is 5.56 Å². The molecule has 1 aromatic rings. The monoisotopic (exact) mass is 261 g/mol. The maximum atomic E-state index is 12.5. The number of halogens is 4. The Kier molecular flexibility index (Phi) is 4.71. The molecule has 1 rings (SSSR count). The molecule has 0 atom stereocenters. The fourth-order valence-corrected chi connectivity index (χ4v) is 1.48. The molecule has 0 saturated carbocycles. The quantitative estimate of drug-likeness (QED) is 0.636. The molecule has 0 unspecified atom stereocenters. The predicted octanol–water partition coefficient (Wildman–Crippen LogP) is 4.18. The molecule has 0 aromatic heterocycles. The fraction of sp³-hybridized carbons (Fsp3) is 0.333. The van der Waals surface area contributed by atoms with Gasteiger partial charge in [-0.1, -0.05) is 11.6 Å². The van der Waals surface area contributed by atoms with Crippen LogP contribution >= 0.6 is 11.6 Å². The van der Waals surface area contributed by atoms with Gasteiger partial charge >= 0.3 is 6.18 Å². The molecule has 0 fully saturated rings. The normalized spacial score (nSPS) is 10.6. The first kappa shape index (κ1) is 13.7. The highest BCUT2D eigenvalue weighted by atomic mass is 35.5. The van der Waals surface area contributed by atoms with Gasteiger partial charge in [-0.25, -0.2) is 0 Å². The van der Waals surface area contributed by atoms with Crippen molar-refractivity contribution in [2.75, 3.05) is 11.9 Å². The van der Waals surface area contributed by atoms with Crippen LogP contribution in [0.1, 0.15) is 18.9 Å². The highest BCUT2D eigenvalue weighted by Crippen LogP contribution is 2.33. The van der Waals surface area contributed by atoms with E-state index in [0.717, 1.165) is 12.1 Å². The van der Waals surface area contributed by atoms with Crippen LogP contribution in [0.15, 0.2) is 18.2 Å². The van der Waals surface area contributed by atoms with E-state index in [1.807, 2.05) is 0 Å². The minimum atomic E-state index is -4.38. The zero-order valence-corrected chi connectivity index (χ0v) is 9.91. The molecule has 1 N–H and O–H groups in total. The first-order valence-corrected chi connectivity index (χ1v) is 5.32. The second kappa shape index (κ2) is 5.83. The molecule has 92 valence electrons. The third kappa shape index (κ3) is 4.58. The number of rotatable bonds is 3. The molecular formula is C12H11ClF3N. The van der Waals surface area contributed by atoms with E-state index in [9.17, 15) is 13.2 Å². The average Bonchev–Trinajstić information content (AvgIpc) is 2.22. The first-order chi connectivity index (χ1) is 7.93. The van der Waals surface area contributed by atoms with E-state index in [2.05, 4.69) is 17.2 Å². The lowest BCUT2D eigenvalue weighted by molar-refractivity contribution is -0.137. The van der Waals surface area contributed by atoms with Gasteiger partial charge in [-0.3, -0.25) is 0 Å². The topological polar surface area (TPSA) is 12.0 Å². The second-order valence-corrected chi connectivity index (χ2v) is 3.77. The SMILES string of the molecule is CC#CCCNc1cc(Cl)cc(C(F)(F)F)c1. The first-order valence-electron chi connectivity index (χ1n) is 4.95. The van der Waals surface area contributed by atoms with Gasteiger partial charge in [-0.2, -0.15) is 13.2 Å². The minimum absolute atomic E-state index is 0.0592. The van der Waals surface area contributed by atoms with Gasteiger partial charge in [0.25, 0.3) is 0 Å². The lowest BCUT2D eigenvalue weighted by Gasteiger charge is -2.10. The standard InChI is InChI=1S/C12H11ClF3N/c1-2-3-4-5-17-11-7-9(12(14,15)16)6-10(13)8-11/h6-8,17H,4-5H2,1H3. The van der Waals surface area contributed by atoms with Gasteiger partial charge in [0, 0.05) is 23.7 Å². The number of hydrogen-bond acceptors (Lipinski definition) is 1. The molecule has 0 heterocycles. The Hall–Kier alpha value is -1.34. The average molecular weight is 262 g/mol.